The van der Waals surface area contributed by atoms with Crippen LogP contribution in [0.2, 0.25) is 5.02 Å². The molecule has 0 saturated heterocycles. The van der Waals surface area contributed by atoms with Crippen molar-refractivity contribution in [3.63, 3.8) is 0 Å². The van der Waals surface area contributed by atoms with Crippen LogP contribution < -0.4 is 14.8 Å². The van der Waals surface area contributed by atoms with Gasteiger partial charge in [0.2, 0.25) is 0 Å². The third kappa shape index (κ3) is 6.00. The SMILES string of the molecule is CCOCCOc1ccccc1NCCOc1ccccc1Cl. The predicted molar refractivity (Wildman–Crippen MR) is 93.9 cm³/mol. The lowest BCUT2D eigenvalue weighted by Gasteiger charge is -2.14. The van der Waals surface area contributed by atoms with Crippen LogP contribution in [0.15, 0.2) is 48.5 Å². The zero-order valence-corrected chi connectivity index (χ0v) is 14.0. The van der Waals surface area contributed by atoms with Crippen molar-refractivity contribution in [2.45, 2.75) is 6.92 Å². The van der Waals surface area contributed by atoms with Gasteiger partial charge in [-0.05, 0) is 31.2 Å². The lowest BCUT2D eigenvalue weighted by atomic mass is 10.3. The molecule has 23 heavy (non-hydrogen) atoms. The van der Waals surface area contributed by atoms with Crippen LogP contribution in [-0.2, 0) is 4.74 Å². The standard InChI is InChI=1S/C18H22ClNO3/c1-2-21-13-14-23-18-10-6-4-8-16(18)20-11-12-22-17-9-5-3-7-15(17)19/h3-10,20H,2,11-14H2,1H3. The Morgan fingerprint density at radius 1 is 0.870 bits per heavy atom. The Morgan fingerprint density at radius 3 is 2.35 bits per heavy atom. The van der Waals surface area contributed by atoms with E-state index in [1.54, 1.807) is 0 Å². The average Bonchev–Trinajstić information content (AvgIpc) is 2.58. The lowest BCUT2D eigenvalue weighted by Crippen LogP contribution is -2.13. The molecule has 0 spiro atoms. The van der Waals surface area contributed by atoms with E-state index in [-0.39, 0.29) is 0 Å². The van der Waals surface area contributed by atoms with Crippen LogP contribution in [0, 0.1) is 0 Å². The Bertz CT molecular complexity index is 592. The van der Waals surface area contributed by atoms with Crippen molar-refractivity contribution >= 4 is 17.3 Å². The van der Waals surface area contributed by atoms with E-state index in [1.807, 2.05) is 55.5 Å². The van der Waals surface area contributed by atoms with Gasteiger partial charge in [-0.15, -0.1) is 0 Å². The van der Waals surface area contributed by atoms with Gasteiger partial charge in [-0.3, -0.25) is 0 Å². The molecule has 0 aromatic heterocycles. The summed E-state index contributed by atoms with van der Waals surface area (Å²) < 4.78 is 16.7. The normalized spacial score (nSPS) is 10.3. The van der Waals surface area contributed by atoms with E-state index in [2.05, 4.69) is 5.32 Å². The number of hydrogen-bond acceptors (Lipinski definition) is 4. The Labute approximate surface area is 142 Å². The lowest BCUT2D eigenvalue weighted by molar-refractivity contribution is 0.110. The first-order valence-corrected chi connectivity index (χ1v) is 8.10. The fourth-order valence-electron chi connectivity index (χ4n) is 2.00. The molecule has 4 nitrogen and oxygen atoms in total. The number of anilines is 1. The number of ether oxygens (including phenoxy) is 3. The van der Waals surface area contributed by atoms with E-state index >= 15 is 0 Å². The van der Waals surface area contributed by atoms with E-state index in [0.717, 1.165) is 11.4 Å². The van der Waals surface area contributed by atoms with Crippen molar-refractivity contribution in [3.8, 4) is 11.5 Å². The Kier molecular flexibility index (Phi) is 7.57. The minimum absolute atomic E-state index is 0.511. The van der Waals surface area contributed by atoms with Crippen LogP contribution >= 0.6 is 11.6 Å². The van der Waals surface area contributed by atoms with Crippen LogP contribution in [0.1, 0.15) is 6.92 Å². The van der Waals surface area contributed by atoms with E-state index in [1.165, 1.54) is 0 Å². The fourth-order valence-corrected chi connectivity index (χ4v) is 2.19. The van der Waals surface area contributed by atoms with Gasteiger partial charge in [-0.1, -0.05) is 35.9 Å². The second-order valence-electron chi connectivity index (χ2n) is 4.75. The highest BCUT2D eigenvalue weighted by Gasteiger charge is 2.03. The van der Waals surface area contributed by atoms with E-state index < -0.39 is 0 Å². The minimum atomic E-state index is 0.511. The number of nitrogens with one attached hydrogen (secondary N) is 1. The highest BCUT2D eigenvalue weighted by Crippen LogP contribution is 2.24. The molecule has 0 fully saturated rings. The summed E-state index contributed by atoms with van der Waals surface area (Å²) in [5.41, 5.74) is 0.937. The maximum absolute atomic E-state index is 6.05. The molecular formula is C18H22ClNO3. The first-order chi connectivity index (χ1) is 11.3. The summed E-state index contributed by atoms with van der Waals surface area (Å²) in [6.07, 6.45) is 0. The van der Waals surface area contributed by atoms with Crippen molar-refractivity contribution in [2.75, 3.05) is 38.3 Å². The van der Waals surface area contributed by atoms with Crippen LogP contribution in [-0.4, -0.2) is 33.0 Å². The topological polar surface area (TPSA) is 39.7 Å². The Morgan fingerprint density at radius 2 is 1.57 bits per heavy atom. The molecule has 0 heterocycles. The molecule has 0 atom stereocenters. The smallest absolute Gasteiger partial charge is 0.142 e. The second kappa shape index (κ2) is 9.98. The third-order valence-corrected chi connectivity index (χ3v) is 3.40. The third-order valence-electron chi connectivity index (χ3n) is 3.09. The molecule has 2 aromatic carbocycles. The molecule has 0 amide bonds. The molecule has 0 radical (unpaired) electrons. The zero-order chi connectivity index (χ0) is 16.3. The van der Waals surface area contributed by atoms with Crippen molar-refractivity contribution < 1.29 is 14.2 Å². The van der Waals surface area contributed by atoms with Crippen molar-refractivity contribution in [2.24, 2.45) is 0 Å². The van der Waals surface area contributed by atoms with Gasteiger partial charge < -0.3 is 19.5 Å². The Hall–Kier alpha value is -1.91. The quantitative estimate of drug-likeness (QED) is 0.659. The first-order valence-electron chi connectivity index (χ1n) is 7.72. The van der Waals surface area contributed by atoms with E-state index in [4.69, 9.17) is 25.8 Å². The number of halogens is 1. The molecule has 5 heteroatoms. The first kappa shape index (κ1) is 17.4. The summed E-state index contributed by atoms with van der Waals surface area (Å²) >= 11 is 6.05. The molecule has 2 aromatic rings. The molecule has 2 rings (SSSR count). The summed E-state index contributed by atoms with van der Waals surface area (Å²) in [6.45, 7) is 4.94. The maximum Gasteiger partial charge on any atom is 0.142 e. The van der Waals surface area contributed by atoms with Gasteiger partial charge in [0.05, 0.1) is 17.3 Å². The highest BCUT2D eigenvalue weighted by atomic mass is 35.5. The summed E-state index contributed by atoms with van der Waals surface area (Å²) in [5, 5.41) is 3.93. The summed E-state index contributed by atoms with van der Waals surface area (Å²) in [6, 6.07) is 15.3. The van der Waals surface area contributed by atoms with Crippen LogP contribution in [0.5, 0.6) is 11.5 Å². The molecule has 0 aliphatic rings. The number of para-hydroxylation sites is 3. The number of hydrogen-bond donors (Lipinski definition) is 1. The molecule has 0 aliphatic carbocycles. The van der Waals surface area contributed by atoms with Crippen LogP contribution in [0.4, 0.5) is 5.69 Å². The molecular weight excluding hydrogens is 314 g/mol. The van der Waals surface area contributed by atoms with Crippen molar-refractivity contribution in [3.05, 3.63) is 53.6 Å². The van der Waals surface area contributed by atoms with Gasteiger partial charge in [0, 0.05) is 13.2 Å². The van der Waals surface area contributed by atoms with Crippen LogP contribution in [0.25, 0.3) is 0 Å². The monoisotopic (exact) mass is 335 g/mol. The van der Waals surface area contributed by atoms with E-state index in [9.17, 15) is 0 Å². The zero-order valence-electron chi connectivity index (χ0n) is 13.3. The summed E-state index contributed by atoms with van der Waals surface area (Å²) in [7, 11) is 0. The van der Waals surface area contributed by atoms with Gasteiger partial charge >= 0.3 is 0 Å². The maximum atomic E-state index is 6.05. The van der Waals surface area contributed by atoms with Gasteiger partial charge in [0.15, 0.2) is 0 Å². The highest BCUT2D eigenvalue weighted by molar-refractivity contribution is 6.32. The average molecular weight is 336 g/mol. The summed E-state index contributed by atoms with van der Waals surface area (Å²) in [4.78, 5) is 0. The molecule has 124 valence electrons. The largest absolute Gasteiger partial charge is 0.490 e. The van der Waals surface area contributed by atoms with Gasteiger partial charge in [0.1, 0.15) is 24.7 Å². The van der Waals surface area contributed by atoms with Crippen molar-refractivity contribution in [1.29, 1.82) is 0 Å². The van der Waals surface area contributed by atoms with Crippen LogP contribution in [0.3, 0.4) is 0 Å². The molecule has 0 aliphatic heterocycles. The van der Waals surface area contributed by atoms with Gasteiger partial charge in [-0.25, -0.2) is 0 Å². The minimum Gasteiger partial charge on any atom is -0.490 e. The molecule has 1 N–H and O–H groups in total. The number of benzene rings is 2. The van der Waals surface area contributed by atoms with Gasteiger partial charge in [-0.2, -0.15) is 0 Å². The molecule has 0 unspecified atom stereocenters. The molecule has 0 saturated carbocycles. The predicted octanol–water partition coefficient (Wildman–Crippen LogP) is 4.25. The van der Waals surface area contributed by atoms with Gasteiger partial charge in [0.25, 0.3) is 0 Å². The van der Waals surface area contributed by atoms with Crippen molar-refractivity contribution in [1.82, 2.24) is 0 Å². The molecule has 0 bridgehead atoms. The van der Waals surface area contributed by atoms with E-state index in [0.29, 0.717) is 43.7 Å². The Balaban J connectivity index is 1.78. The fraction of sp³-hybridized carbons (Fsp3) is 0.333. The summed E-state index contributed by atoms with van der Waals surface area (Å²) in [5.74, 6) is 1.50. The number of rotatable bonds is 10. The second-order valence-corrected chi connectivity index (χ2v) is 5.15.